The lowest BCUT2D eigenvalue weighted by Gasteiger charge is -2.03. The van der Waals surface area contributed by atoms with Crippen LogP contribution in [-0.4, -0.2) is 16.5 Å². The molecule has 0 saturated carbocycles. The predicted octanol–water partition coefficient (Wildman–Crippen LogP) is 2.87. The van der Waals surface area contributed by atoms with Gasteiger partial charge in [-0.15, -0.1) is 0 Å². The molecule has 0 amide bonds. The second-order valence-electron chi connectivity index (χ2n) is 2.46. The standard InChI is InChI=1S/C8H6Br2N2O/c1-13-6-4-2-3-5-7(9)11-8(10)12(5)6/h2-4H,1H3. The smallest absolute Gasteiger partial charge is 0.199 e. The molecule has 0 atom stereocenters. The van der Waals surface area contributed by atoms with E-state index >= 15 is 0 Å². The largest absolute Gasteiger partial charge is 0.482 e. The van der Waals surface area contributed by atoms with Crippen molar-refractivity contribution in [2.24, 2.45) is 0 Å². The molecule has 3 nitrogen and oxygen atoms in total. The van der Waals surface area contributed by atoms with Gasteiger partial charge >= 0.3 is 0 Å². The van der Waals surface area contributed by atoms with Gasteiger partial charge in [0.15, 0.2) is 10.6 Å². The lowest BCUT2D eigenvalue weighted by Crippen LogP contribution is -1.93. The van der Waals surface area contributed by atoms with Crippen LogP contribution in [0, 0.1) is 0 Å². The lowest BCUT2D eigenvalue weighted by molar-refractivity contribution is 0.391. The number of hydrogen-bond donors (Lipinski definition) is 0. The van der Waals surface area contributed by atoms with E-state index in [0.29, 0.717) is 0 Å². The van der Waals surface area contributed by atoms with Gasteiger partial charge in [-0.05, 0) is 44.0 Å². The molecular formula is C8H6Br2N2O. The van der Waals surface area contributed by atoms with Gasteiger partial charge in [0.1, 0.15) is 4.60 Å². The molecule has 0 aromatic carbocycles. The van der Waals surface area contributed by atoms with E-state index < -0.39 is 0 Å². The van der Waals surface area contributed by atoms with Gasteiger partial charge in [0.05, 0.1) is 12.6 Å². The van der Waals surface area contributed by atoms with Crippen molar-refractivity contribution in [2.75, 3.05) is 7.11 Å². The monoisotopic (exact) mass is 304 g/mol. The van der Waals surface area contributed by atoms with Crippen LogP contribution in [0.5, 0.6) is 5.88 Å². The van der Waals surface area contributed by atoms with Gasteiger partial charge in [0.25, 0.3) is 0 Å². The van der Waals surface area contributed by atoms with Crippen LogP contribution in [0.15, 0.2) is 27.5 Å². The Morgan fingerprint density at radius 1 is 1.38 bits per heavy atom. The van der Waals surface area contributed by atoms with E-state index in [4.69, 9.17) is 4.74 Å². The molecule has 0 fully saturated rings. The number of rotatable bonds is 1. The average molecular weight is 306 g/mol. The highest BCUT2D eigenvalue weighted by atomic mass is 79.9. The fraction of sp³-hybridized carbons (Fsp3) is 0.125. The van der Waals surface area contributed by atoms with Gasteiger partial charge in [-0.25, -0.2) is 4.98 Å². The quantitative estimate of drug-likeness (QED) is 0.810. The molecule has 0 unspecified atom stereocenters. The Bertz CT molecular complexity index is 453. The minimum absolute atomic E-state index is 0.729. The SMILES string of the molecule is COc1cccc2c(Br)nc(Br)n12. The van der Waals surface area contributed by atoms with E-state index in [1.165, 1.54) is 0 Å². The van der Waals surface area contributed by atoms with E-state index in [2.05, 4.69) is 36.8 Å². The minimum atomic E-state index is 0.729. The molecule has 0 spiro atoms. The molecule has 0 aliphatic heterocycles. The van der Waals surface area contributed by atoms with E-state index in [0.717, 1.165) is 20.7 Å². The molecule has 0 saturated heterocycles. The van der Waals surface area contributed by atoms with Crippen LogP contribution in [-0.2, 0) is 0 Å². The molecule has 5 heteroatoms. The summed E-state index contributed by atoms with van der Waals surface area (Å²) in [4.78, 5) is 4.22. The Morgan fingerprint density at radius 3 is 2.85 bits per heavy atom. The molecule has 2 aromatic rings. The van der Waals surface area contributed by atoms with Crippen molar-refractivity contribution in [1.82, 2.24) is 9.38 Å². The van der Waals surface area contributed by atoms with Crippen molar-refractivity contribution in [3.63, 3.8) is 0 Å². The van der Waals surface area contributed by atoms with E-state index in [1.54, 1.807) is 7.11 Å². The maximum atomic E-state index is 5.19. The summed E-state index contributed by atoms with van der Waals surface area (Å²) >= 11 is 6.71. The van der Waals surface area contributed by atoms with Gasteiger partial charge < -0.3 is 4.74 Å². The number of fused-ring (bicyclic) bond motifs is 1. The zero-order valence-corrected chi connectivity index (χ0v) is 9.96. The first kappa shape index (κ1) is 9.02. The molecule has 0 bridgehead atoms. The van der Waals surface area contributed by atoms with Crippen molar-refractivity contribution in [3.8, 4) is 5.88 Å². The summed E-state index contributed by atoms with van der Waals surface area (Å²) < 4.78 is 8.61. The Balaban J connectivity index is 2.88. The first-order valence-corrected chi connectivity index (χ1v) is 5.19. The van der Waals surface area contributed by atoms with E-state index in [1.807, 2.05) is 22.6 Å². The summed E-state index contributed by atoms with van der Waals surface area (Å²) in [6.07, 6.45) is 0. The number of aromatic nitrogens is 2. The number of pyridine rings is 1. The lowest BCUT2D eigenvalue weighted by atomic mass is 10.4. The summed E-state index contributed by atoms with van der Waals surface area (Å²) in [6, 6.07) is 5.77. The topological polar surface area (TPSA) is 26.5 Å². The Kier molecular flexibility index (Phi) is 2.29. The Labute approximate surface area is 92.0 Å². The summed E-state index contributed by atoms with van der Waals surface area (Å²) in [5.41, 5.74) is 0.978. The van der Waals surface area contributed by atoms with Crippen LogP contribution in [0.25, 0.3) is 5.52 Å². The highest BCUT2D eigenvalue weighted by Gasteiger charge is 2.09. The summed E-state index contributed by atoms with van der Waals surface area (Å²) in [5.74, 6) is 0.752. The normalized spacial score (nSPS) is 10.7. The zero-order chi connectivity index (χ0) is 9.42. The van der Waals surface area contributed by atoms with Crippen LogP contribution in [0.1, 0.15) is 0 Å². The number of imidazole rings is 1. The molecular weight excluding hydrogens is 300 g/mol. The van der Waals surface area contributed by atoms with Gasteiger partial charge in [-0.3, -0.25) is 4.40 Å². The fourth-order valence-corrected chi connectivity index (χ4v) is 2.45. The number of hydrogen-bond acceptors (Lipinski definition) is 2. The molecule has 2 rings (SSSR count). The molecule has 13 heavy (non-hydrogen) atoms. The van der Waals surface area contributed by atoms with Gasteiger partial charge in [-0.2, -0.15) is 0 Å². The number of methoxy groups -OCH3 is 1. The molecule has 2 aromatic heterocycles. The predicted molar refractivity (Wildman–Crippen MR) is 57.1 cm³/mol. The molecule has 0 aliphatic carbocycles. The van der Waals surface area contributed by atoms with Crippen molar-refractivity contribution >= 4 is 37.4 Å². The van der Waals surface area contributed by atoms with E-state index in [9.17, 15) is 0 Å². The molecule has 0 aliphatic rings. The first-order chi connectivity index (χ1) is 6.24. The van der Waals surface area contributed by atoms with Crippen molar-refractivity contribution in [3.05, 3.63) is 27.5 Å². The van der Waals surface area contributed by atoms with Crippen molar-refractivity contribution < 1.29 is 4.74 Å². The Morgan fingerprint density at radius 2 is 2.15 bits per heavy atom. The molecule has 2 heterocycles. The van der Waals surface area contributed by atoms with Crippen LogP contribution in [0.2, 0.25) is 0 Å². The van der Waals surface area contributed by atoms with E-state index in [-0.39, 0.29) is 0 Å². The maximum Gasteiger partial charge on any atom is 0.199 e. The number of ether oxygens (including phenoxy) is 1. The number of nitrogens with zero attached hydrogens (tertiary/aromatic N) is 2. The minimum Gasteiger partial charge on any atom is -0.482 e. The van der Waals surface area contributed by atoms with Crippen LogP contribution < -0.4 is 4.74 Å². The van der Waals surface area contributed by atoms with Crippen molar-refractivity contribution in [1.29, 1.82) is 0 Å². The molecule has 68 valence electrons. The van der Waals surface area contributed by atoms with Crippen molar-refractivity contribution in [2.45, 2.75) is 0 Å². The third kappa shape index (κ3) is 1.36. The van der Waals surface area contributed by atoms with Gasteiger partial charge in [0, 0.05) is 0 Å². The van der Waals surface area contributed by atoms with Gasteiger partial charge in [-0.1, -0.05) is 6.07 Å². The van der Waals surface area contributed by atoms with Crippen LogP contribution in [0.3, 0.4) is 0 Å². The molecule has 0 N–H and O–H groups in total. The summed E-state index contributed by atoms with van der Waals surface area (Å²) in [6.45, 7) is 0. The zero-order valence-electron chi connectivity index (χ0n) is 6.79. The maximum absolute atomic E-state index is 5.19. The highest BCUT2D eigenvalue weighted by Crippen LogP contribution is 2.26. The third-order valence-electron chi connectivity index (χ3n) is 1.75. The van der Waals surface area contributed by atoms with Crippen LogP contribution in [0.4, 0.5) is 0 Å². The van der Waals surface area contributed by atoms with Gasteiger partial charge in [0.2, 0.25) is 0 Å². The average Bonchev–Trinajstić information content (AvgIpc) is 2.43. The van der Waals surface area contributed by atoms with Crippen LogP contribution >= 0.6 is 31.9 Å². The highest BCUT2D eigenvalue weighted by molar-refractivity contribution is 9.11. The summed E-state index contributed by atoms with van der Waals surface area (Å²) in [7, 11) is 1.63. The first-order valence-electron chi connectivity index (χ1n) is 3.60. The number of halogens is 2. The summed E-state index contributed by atoms with van der Waals surface area (Å²) in [5, 5.41) is 0. The third-order valence-corrected chi connectivity index (χ3v) is 2.87. The second kappa shape index (κ2) is 3.31. The molecule has 0 radical (unpaired) electrons. The fourth-order valence-electron chi connectivity index (χ4n) is 1.19. The Hall–Kier alpha value is -0.550. The second-order valence-corrected chi connectivity index (χ2v) is 3.92.